The van der Waals surface area contributed by atoms with Crippen LogP contribution in [0.1, 0.15) is 11.3 Å². The molecule has 0 fully saturated rings. The van der Waals surface area contributed by atoms with E-state index in [0.29, 0.717) is 23.6 Å². The van der Waals surface area contributed by atoms with Gasteiger partial charge in [0, 0.05) is 15.9 Å². The van der Waals surface area contributed by atoms with Gasteiger partial charge >= 0.3 is 0 Å². The molecule has 0 unspecified atom stereocenters. The average molecular weight is 411 g/mol. The Morgan fingerprint density at radius 1 is 1.15 bits per heavy atom. The number of nitrogens with zero attached hydrogens (tertiary/aromatic N) is 3. The van der Waals surface area contributed by atoms with Gasteiger partial charge in [0.1, 0.15) is 11.5 Å². The summed E-state index contributed by atoms with van der Waals surface area (Å²) < 4.78 is 8.00. The number of carbonyl (C=O) groups excluding carboxylic acids is 1. The number of halogens is 1. The van der Waals surface area contributed by atoms with Crippen LogP contribution in [-0.4, -0.2) is 20.8 Å². The molecular weight excluding hydrogens is 396 g/mol. The zero-order valence-electron chi connectivity index (χ0n) is 13.7. The SMILES string of the molecule is O=C(Cc1noc2ccccc12)Nc1ccnn1Cc1cccc(Br)c1. The Labute approximate surface area is 157 Å². The molecule has 0 saturated heterocycles. The largest absolute Gasteiger partial charge is 0.356 e. The molecule has 0 radical (unpaired) electrons. The third kappa shape index (κ3) is 3.52. The summed E-state index contributed by atoms with van der Waals surface area (Å²) in [5.74, 6) is 0.475. The highest BCUT2D eigenvalue weighted by molar-refractivity contribution is 9.10. The number of hydrogen-bond acceptors (Lipinski definition) is 4. The van der Waals surface area contributed by atoms with Crippen LogP contribution in [0.5, 0.6) is 0 Å². The van der Waals surface area contributed by atoms with E-state index in [4.69, 9.17) is 4.52 Å². The minimum absolute atomic E-state index is 0.138. The van der Waals surface area contributed by atoms with Crippen LogP contribution < -0.4 is 5.32 Å². The van der Waals surface area contributed by atoms with E-state index in [9.17, 15) is 4.79 Å². The van der Waals surface area contributed by atoms with E-state index in [1.54, 1.807) is 16.9 Å². The fourth-order valence-corrected chi connectivity index (χ4v) is 3.22. The highest BCUT2D eigenvalue weighted by atomic mass is 79.9. The summed E-state index contributed by atoms with van der Waals surface area (Å²) in [6, 6.07) is 17.2. The molecule has 4 aromatic rings. The first-order chi connectivity index (χ1) is 12.7. The number of benzene rings is 2. The molecule has 130 valence electrons. The number of anilines is 1. The van der Waals surface area contributed by atoms with Crippen molar-refractivity contribution in [2.24, 2.45) is 0 Å². The fraction of sp³-hybridized carbons (Fsp3) is 0.105. The Morgan fingerprint density at radius 2 is 2.04 bits per heavy atom. The standard InChI is InChI=1S/C19H15BrN4O2/c20-14-5-3-4-13(10-14)12-24-18(8-9-21-24)22-19(25)11-16-15-6-1-2-7-17(15)26-23-16/h1-10H,11-12H2,(H,22,25). The van der Waals surface area contributed by atoms with Crippen LogP contribution in [0.4, 0.5) is 5.82 Å². The quantitative estimate of drug-likeness (QED) is 0.539. The highest BCUT2D eigenvalue weighted by Crippen LogP contribution is 2.19. The monoisotopic (exact) mass is 410 g/mol. The van der Waals surface area contributed by atoms with Gasteiger partial charge in [-0.2, -0.15) is 5.10 Å². The molecule has 6 nitrogen and oxygen atoms in total. The maximum Gasteiger partial charge on any atom is 0.231 e. The molecule has 0 atom stereocenters. The lowest BCUT2D eigenvalue weighted by molar-refractivity contribution is -0.115. The fourth-order valence-electron chi connectivity index (χ4n) is 2.78. The zero-order valence-corrected chi connectivity index (χ0v) is 15.3. The van der Waals surface area contributed by atoms with Crippen molar-refractivity contribution in [2.45, 2.75) is 13.0 Å². The van der Waals surface area contributed by atoms with Gasteiger partial charge in [-0.15, -0.1) is 0 Å². The predicted molar refractivity (Wildman–Crippen MR) is 102 cm³/mol. The topological polar surface area (TPSA) is 73.0 Å². The first-order valence-electron chi connectivity index (χ1n) is 8.08. The van der Waals surface area contributed by atoms with Gasteiger partial charge < -0.3 is 9.84 Å². The molecule has 4 rings (SSSR count). The van der Waals surface area contributed by atoms with Crippen LogP contribution in [0.3, 0.4) is 0 Å². The maximum atomic E-state index is 12.4. The van der Waals surface area contributed by atoms with E-state index >= 15 is 0 Å². The predicted octanol–water partition coefficient (Wildman–Crippen LogP) is 4.02. The van der Waals surface area contributed by atoms with E-state index < -0.39 is 0 Å². The number of hydrogen-bond donors (Lipinski definition) is 1. The van der Waals surface area contributed by atoms with Crippen molar-refractivity contribution in [3.05, 3.63) is 76.5 Å². The second kappa shape index (κ2) is 7.13. The van der Waals surface area contributed by atoms with Gasteiger partial charge in [0.2, 0.25) is 5.91 Å². The minimum atomic E-state index is -0.167. The molecule has 26 heavy (non-hydrogen) atoms. The van der Waals surface area contributed by atoms with Crippen LogP contribution in [0.2, 0.25) is 0 Å². The van der Waals surface area contributed by atoms with Crippen molar-refractivity contribution < 1.29 is 9.32 Å². The van der Waals surface area contributed by atoms with Gasteiger partial charge in [-0.1, -0.05) is 45.4 Å². The lowest BCUT2D eigenvalue weighted by Gasteiger charge is -2.09. The molecule has 0 aliphatic heterocycles. The van der Waals surface area contributed by atoms with E-state index in [1.165, 1.54) is 0 Å². The van der Waals surface area contributed by atoms with E-state index in [0.717, 1.165) is 15.4 Å². The van der Waals surface area contributed by atoms with Crippen LogP contribution in [0.15, 0.2) is 69.8 Å². The summed E-state index contributed by atoms with van der Waals surface area (Å²) in [7, 11) is 0. The Balaban J connectivity index is 1.48. The zero-order chi connectivity index (χ0) is 17.9. The number of aromatic nitrogens is 3. The van der Waals surface area contributed by atoms with Gasteiger partial charge in [-0.25, -0.2) is 4.68 Å². The van der Waals surface area contributed by atoms with Crippen molar-refractivity contribution in [3.8, 4) is 0 Å². The van der Waals surface area contributed by atoms with Crippen molar-refractivity contribution in [1.29, 1.82) is 0 Å². The van der Waals surface area contributed by atoms with Crippen molar-refractivity contribution in [2.75, 3.05) is 5.32 Å². The highest BCUT2D eigenvalue weighted by Gasteiger charge is 2.14. The number of carbonyl (C=O) groups is 1. The molecule has 0 saturated carbocycles. The second-order valence-electron chi connectivity index (χ2n) is 5.85. The molecule has 0 aliphatic carbocycles. The van der Waals surface area contributed by atoms with E-state index in [-0.39, 0.29) is 12.3 Å². The lowest BCUT2D eigenvalue weighted by Crippen LogP contribution is -2.18. The van der Waals surface area contributed by atoms with E-state index in [1.807, 2.05) is 48.5 Å². The molecule has 2 heterocycles. The molecule has 2 aromatic heterocycles. The summed E-state index contributed by atoms with van der Waals surface area (Å²) in [4.78, 5) is 12.4. The van der Waals surface area contributed by atoms with Crippen LogP contribution >= 0.6 is 15.9 Å². The summed E-state index contributed by atoms with van der Waals surface area (Å²) in [5.41, 5.74) is 2.38. The van der Waals surface area contributed by atoms with Crippen molar-refractivity contribution in [1.82, 2.24) is 14.9 Å². The number of amides is 1. The molecule has 1 amide bonds. The van der Waals surface area contributed by atoms with Crippen molar-refractivity contribution >= 4 is 38.6 Å². The molecule has 0 spiro atoms. The average Bonchev–Trinajstić information content (AvgIpc) is 3.23. The van der Waals surface area contributed by atoms with Gasteiger partial charge in [0.15, 0.2) is 5.58 Å². The molecule has 7 heteroatoms. The van der Waals surface area contributed by atoms with Gasteiger partial charge in [-0.05, 0) is 29.8 Å². The molecular formula is C19H15BrN4O2. The Hall–Kier alpha value is -2.93. The first-order valence-corrected chi connectivity index (χ1v) is 8.88. The number of rotatable bonds is 5. The lowest BCUT2D eigenvalue weighted by atomic mass is 10.1. The third-order valence-electron chi connectivity index (χ3n) is 3.99. The Kier molecular flexibility index (Phi) is 4.53. The molecule has 0 bridgehead atoms. The summed E-state index contributed by atoms with van der Waals surface area (Å²) in [6.07, 6.45) is 1.80. The van der Waals surface area contributed by atoms with Gasteiger partial charge in [-0.3, -0.25) is 4.79 Å². The molecule has 0 aliphatic rings. The number of nitrogens with one attached hydrogen (secondary N) is 1. The normalized spacial score (nSPS) is 11.0. The van der Waals surface area contributed by atoms with Crippen LogP contribution in [0.25, 0.3) is 11.0 Å². The summed E-state index contributed by atoms with van der Waals surface area (Å²) >= 11 is 3.46. The molecule has 1 N–H and O–H groups in total. The Morgan fingerprint density at radius 3 is 2.92 bits per heavy atom. The second-order valence-corrected chi connectivity index (χ2v) is 6.77. The minimum Gasteiger partial charge on any atom is -0.356 e. The first kappa shape index (κ1) is 16.5. The smallest absolute Gasteiger partial charge is 0.231 e. The van der Waals surface area contributed by atoms with E-state index in [2.05, 4.69) is 31.5 Å². The third-order valence-corrected chi connectivity index (χ3v) is 4.48. The summed E-state index contributed by atoms with van der Waals surface area (Å²) in [5, 5.41) is 12.0. The Bertz CT molecular complexity index is 1070. The van der Waals surface area contributed by atoms with Crippen LogP contribution in [0, 0.1) is 0 Å². The van der Waals surface area contributed by atoms with Crippen LogP contribution in [-0.2, 0) is 17.8 Å². The summed E-state index contributed by atoms with van der Waals surface area (Å²) in [6.45, 7) is 0.564. The number of para-hydroxylation sites is 1. The maximum absolute atomic E-state index is 12.4. The molecule has 2 aromatic carbocycles. The van der Waals surface area contributed by atoms with Crippen molar-refractivity contribution in [3.63, 3.8) is 0 Å². The number of fused-ring (bicyclic) bond motifs is 1. The van der Waals surface area contributed by atoms with Gasteiger partial charge in [0.05, 0.1) is 19.2 Å². The van der Waals surface area contributed by atoms with Gasteiger partial charge in [0.25, 0.3) is 0 Å².